The van der Waals surface area contributed by atoms with Gasteiger partial charge >= 0.3 is 0 Å². The molecule has 0 atom stereocenters. The van der Waals surface area contributed by atoms with Gasteiger partial charge in [-0.3, -0.25) is 4.48 Å². The van der Waals surface area contributed by atoms with Gasteiger partial charge in [0.05, 0.1) is 19.6 Å². The van der Waals surface area contributed by atoms with Gasteiger partial charge in [0.1, 0.15) is 0 Å². The number of aliphatic imine (C=N–C) groups is 1. The van der Waals surface area contributed by atoms with Crippen LogP contribution in [0.3, 0.4) is 0 Å². The fraction of sp³-hybridized carbons (Fsp3) is 0.941. The molecule has 0 rings (SSSR count). The zero-order valence-corrected chi connectivity index (χ0v) is 14.9. The molecule has 0 spiro atoms. The maximum absolute atomic E-state index is 4.93. The van der Waals surface area contributed by atoms with Gasteiger partial charge in [-0.1, -0.05) is 26.7 Å². The van der Waals surface area contributed by atoms with E-state index in [1.54, 1.807) is 0 Å². The van der Waals surface area contributed by atoms with E-state index in [0.717, 1.165) is 43.8 Å². The maximum Gasteiger partial charge on any atom is 0.300 e. The van der Waals surface area contributed by atoms with Crippen molar-refractivity contribution in [3.8, 4) is 0 Å². The molecule has 0 saturated carbocycles. The first-order chi connectivity index (χ1) is 9.65. The van der Waals surface area contributed by atoms with Crippen molar-refractivity contribution in [2.75, 3.05) is 39.3 Å². The highest BCUT2D eigenvalue weighted by Gasteiger charge is 2.33. The van der Waals surface area contributed by atoms with Crippen molar-refractivity contribution in [2.24, 2.45) is 4.99 Å². The molecule has 0 aromatic carbocycles. The first-order valence-corrected chi connectivity index (χ1v) is 8.81. The molecule has 0 amide bonds. The summed E-state index contributed by atoms with van der Waals surface area (Å²) in [5, 5.41) is 0. The second kappa shape index (κ2) is 11.1. The topological polar surface area (TPSA) is 15.6 Å². The lowest BCUT2D eigenvalue weighted by molar-refractivity contribution is -0.841. The Labute approximate surface area is 127 Å². The molecule has 0 aliphatic carbocycles. The summed E-state index contributed by atoms with van der Waals surface area (Å²) >= 11 is 0. The van der Waals surface area contributed by atoms with E-state index in [2.05, 4.69) is 46.4 Å². The van der Waals surface area contributed by atoms with Gasteiger partial charge in [-0.2, -0.15) is 0 Å². The van der Waals surface area contributed by atoms with Crippen LogP contribution in [0.25, 0.3) is 0 Å². The molecule has 0 N–H and O–H groups in total. The summed E-state index contributed by atoms with van der Waals surface area (Å²) < 4.78 is 1.03. The molecule has 0 bridgehead atoms. The molecule has 20 heavy (non-hydrogen) atoms. The maximum atomic E-state index is 4.93. The van der Waals surface area contributed by atoms with E-state index >= 15 is 0 Å². The molecule has 120 valence electrons. The predicted octanol–water partition coefficient (Wildman–Crippen LogP) is 4.14. The van der Waals surface area contributed by atoms with E-state index in [1.165, 1.54) is 31.6 Å². The highest BCUT2D eigenvalue weighted by Crippen LogP contribution is 2.14. The van der Waals surface area contributed by atoms with Gasteiger partial charge < -0.3 is 4.90 Å². The summed E-state index contributed by atoms with van der Waals surface area (Å²) in [5.41, 5.74) is 0. The van der Waals surface area contributed by atoms with E-state index in [1.807, 2.05) is 0 Å². The SMILES string of the molecule is CCCCN(CCCC)/C(=N\CC)[N+](CC)(CC)CC. The molecule has 3 heteroatoms. The van der Waals surface area contributed by atoms with Crippen LogP contribution in [0.1, 0.15) is 67.2 Å². The smallest absolute Gasteiger partial charge is 0.300 e. The third kappa shape index (κ3) is 5.43. The lowest BCUT2D eigenvalue weighted by Gasteiger charge is -2.40. The van der Waals surface area contributed by atoms with Gasteiger partial charge in [0.2, 0.25) is 0 Å². The van der Waals surface area contributed by atoms with Gasteiger partial charge in [-0.15, -0.1) is 0 Å². The van der Waals surface area contributed by atoms with Crippen molar-refractivity contribution in [3.05, 3.63) is 0 Å². The molecule has 0 fully saturated rings. The molecule has 0 aromatic heterocycles. The van der Waals surface area contributed by atoms with Crippen molar-refractivity contribution in [3.63, 3.8) is 0 Å². The number of rotatable bonds is 10. The molecular formula is C17H38N3+. The van der Waals surface area contributed by atoms with Gasteiger partial charge in [0.15, 0.2) is 0 Å². The number of quaternary nitrogens is 1. The molecule has 0 aliphatic heterocycles. The van der Waals surface area contributed by atoms with Crippen molar-refractivity contribution in [1.29, 1.82) is 0 Å². The standard InChI is InChI=1S/C17H38N3/c1-7-13-15-19(16-14-8-2)17(18-9-3)20(10-4,11-5)12-6/h7-16H2,1-6H3/q+1/b18-17+. The number of nitrogens with zero attached hydrogens (tertiary/aromatic N) is 3. The minimum absolute atomic E-state index is 0.893. The van der Waals surface area contributed by atoms with Crippen molar-refractivity contribution < 1.29 is 4.48 Å². The highest BCUT2D eigenvalue weighted by molar-refractivity contribution is 5.73. The molecule has 0 unspecified atom stereocenters. The summed E-state index contributed by atoms with van der Waals surface area (Å²) in [6.07, 6.45) is 5.05. The summed E-state index contributed by atoms with van der Waals surface area (Å²) in [4.78, 5) is 7.51. The largest absolute Gasteiger partial charge is 0.311 e. The predicted molar refractivity (Wildman–Crippen MR) is 91.2 cm³/mol. The van der Waals surface area contributed by atoms with Crippen LogP contribution in [0.15, 0.2) is 4.99 Å². The third-order valence-corrected chi connectivity index (χ3v) is 4.39. The van der Waals surface area contributed by atoms with Gasteiger partial charge in [-0.25, -0.2) is 4.99 Å². The average molecular weight is 285 g/mol. The molecule has 0 radical (unpaired) electrons. The van der Waals surface area contributed by atoms with E-state index in [9.17, 15) is 0 Å². The van der Waals surface area contributed by atoms with Crippen LogP contribution in [-0.2, 0) is 0 Å². The minimum Gasteiger partial charge on any atom is -0.311 e. The van der Waals surface area contributed by atoms with Crippen molar-refractivity contribution >= 4 is 5.96 Å². The van der Waals surface area contributed by atoms with Gasteiger partial charge in [-0.05, 0) is 40.5 Å². The van der Waals surface area contributed by atoms with Crippen LogP contribution in [0, 0.1) is 0 Å². The zero-order valence-electron chi connectivity index (χ0n) is 14.9. The van der Waals surface area contributed by atoms with Crippen LogP contribution in [0.4, 0.5) is 0 Å². The van der Waals surface area contributed by atoms with E-state index < -0.39 is 0 Å². The zero-order chi connectivity index (χ0) is 15.4. The summed E-state index contributed by atoms with van der Waals surface area (Å²) in [6, 6.07) is 0. The van der Waals surface area contributed by atoms with Crippen LogP contribution < -0.4 is 0 Å². The molecular weight excluding hydrogens is 246 g/mol. The first-order valence-electron chi connectivity index (χ1n) is 8.81. The molecule has 0 aromatic rings. The molecule has 0 heterocycles. The number of guanidine groups is 1. The summed E-state index contributed by atoms with van der Waals surface area (Å²) in [5.74, 6) is 1.34. The Hall–Kier alpha value is -0.570. The van der Waals surface area contributed by atoms with Crippen LogP contribution in [0.5, 0.6) is 0 Å². The average Bonchev–Trinajstić information content (AvgIpc) is 2.49. The van der Waals surface area contributed by atoms with Crippen LogP contribution in [-0.4, -0.2) is 54.6 Å². The minimum atomic E-state index is 0.893. The Morgan fingerprint density at radius 2 is 1.25 bits per heavy atom. The first kappa shape index (κ1) is 19.4. The number of unbranched alkanes of at least 4 members (excludes halogenated alkanes) is 2. The van der Waals surface area contributed by atoms with Crippen LogP contribution in [0.2, 0.25) is 0 Å². The Morgan fingerprint density at radius 3 is 1.55 bits per heavy atom. The van der Waals surface area contributed by atoms with E-state index in [4.69, 9.17) is 4.99 Å². The quantitative estimate of drug-likeness (QED) is 0.334. The molecule has 0 saturated heterocycles. The Kier molecular flexibility index (Phi) is 10.8. The number of hydrogen-bond acceptors (Lipinski definition) is 1. The highest BCUT2D eigenvalue weighted by atomic mass is 15.5. The molecule has 0 aliphatic rings. The van der Waals surface area contributed by atoms with Gasteiger partial charge in [0.25, 0.3) is 5.96 Å². The second-order valence-corrected chi connectivity index (χ2v) is 5.56. The summed E-state index contributed by atoms with van der Waals surface area (Å²) in [7, 11) is 0. The lowest BCUT2D eigenvalue weighted by Crippen LogP contribution is -2.59. The lowest BCUT2D eigenvalue weighted by atomic mass is 10.2. The fourth-order valence-electron chi connectivity index (χ4n) is 2.80. The van der Waals surface area contributed by atoms with Crippen molar-refractivity contribution in [1.82, 2.24) is 4.90 Å². The summed E-state index contributed by atoms with van der Waals surface area (Å²) in [6.45, 7) is 20.2. The Bertz CT molecular complexity index is 241. The fourth-order valence-corrected chi connectivity index (χ4v) is 2.80. The Balaban J connectivity index is 5.27. The van der Waals surface area contributed by atoms with Gasteiger partial charge in [0, 0.05) is 19.6 Å². The van der Waals surface area contributed by atoms with Crippen LogP contribution >= 0.6 is 0 Å². The molecule has 3 nitrogen and oxygen atoms in total. The normalized spacial score (nSPS) is 12.8. The number of hydrogen-bond donors (Lipinski definition) is 0. The Morgan fingerprint density at radius 1 is 0.800 bits per heavy atom. The third-order valence-electron chi connectivity index (χ3n) is 4.39. The second-order valence-electron chi connectivity index (χ2n) is 5.56. The monoisotopic (exact) mass is 284 g/mol. The van der Waals surface area contributed by atoms with Crippen molar-refractivity contribution in [2.45, 2.75) is 67.2 Å². The van der Waals surface area contributed by atoms with E-state index in [0.29, 0.717) is 0 Å². The van der Waals surface area contributed by atoms with E-state index in [-0.39, 0.29) is 0 Å².